The maximum absolute atomic E-state index is 2.46. The summed E-state index contributed by atoms with van der Waals surface area (Å²) in [5.41, 5.74) is 0. The Morgan fingerprint density at radius 3 is 1.27 bits per heavy atom. The minimum Gasteiger partial charge on any atom is -0.0885 e. The molecule has 0 nitrogen and oxygen atoms in total. The fourth-order valence-electron chi connectivity index (χ4n) is 4.68. The van der Waals surface area contributed by atoms with Gasteiger partial charge in [-0.2, -0.15) is 0 Å². The lowest BCUT2D eigenvalue weighted by atomic mass is 9.78. The normalized spacial score (nSPS) is 28.5. The van der Waals surface area contributed by atoms with Crippen molar-refractivity contribution in [3.05, 3.63) is 12.2 Å². The van der Waals surface area contributed by atoms with Crippen LogP contribution in [-0.4, -0.2) is 0 Å². The summed E-state index contributed by atoms with van der Waals surface area (Å²) in [6.07, 6.45) is 31.6. The van der Waals surface area contributed by atoms with E-state index in [1.807, 2.05) is 0 Å². The van der Waals surface area contributed by atoms with Gasteiger partial charge < -0.3 is 0 Å². The smallest absolute Gasteiger partial charge is 0.0351 e. The predicted octanol–water partition coefficient (Wildman–Crippen LogP) is 7.82. The number of hydrogen-bond acceptors (Lipinski definition) is 0. The second kappa shape index (κ2) is 12.2. The molecule has 1 unspecified atom stereocenters. The molecule has 128 valence electrons. The fourth-order valence-corrected chi connectivity index (χ4v) is 4.68. The maximum atomic E-state index is 2.46. The van der Waals surface area contributed by atoms with Crippen LogP contribution in [0.4, 0.5) is 0 Å². The molecule has 0 N–H and O–H groups in total. The van der Waals surface area contributed by atoms with E-state index < -0.39 is 0 Å². The van der Waals surface area contributed by atoms with E-state index in [4.69, 9.17) is 0 Å². The summed E-state index contributed by atoms with van der Waals surface area (Å²) in [6, 6.07) is 0. The van der Waals surface area contributed by atoms with Gasteiger partial charge in [0.05, 0.1) is 0 Å². The van der Waals surface area contributed by atoms with Gasteiger partial charge in [0, 0.05) is 0 Å². The van der Waals surface area contributed by atoms with E-state index in [9.17, 15) is 0 Å². The average molecular weight is 305 g/mol. The van der Waals surface area contributed by atoms with Crippen LogP contribution in [0.2, 0.25) is 0 Å². The van der Waals surface area contributed by atoms with E-state index in [0.29, 0.717) is 0 Å². The van der Waals surface area contributed by atoms with Gasteiger partial charge in [0.25, 0.3) is 0 Å². The fraction of sp³-hybridized carbons (Fsp3) is 0.909. The third-order valence-electron chi connectivity index (χ3n) is 6.12. The van der Waals surface area contributed by atoms with Gasteiger partial charge in [0.2, 0.25) is 0 Å². The van der Waals surface area contributed by atoms with Crippen molar-refractivity contribution >= 4 is 0 Å². The van der Waals surface area contributed by atoms with Crippen LogP contribution in [0.25, 0.3) is 0 Å². The predicted molar refractivity (Wildman–Crippen MR) is 99.2 cm³/mol. The third-order valence-corrected chi connectivity index (χ3v) is 6.12. The molecule has 0 heterocycles. The lowest BCUT2D eigenvalue weighted by molar-refractivity contribution is 0.241. The summed E-state index contributed by atoms with van der Waals surface area (Å²) < 4.78 is 0. The van der Waals surface area contributed by atoms with Gasteiger partial charge in [0.15, 0.2) is 0 Å². The standard InChI is InChI=1S/C22H40/c1-2-6-10-14-18-21(17-13-9-5-1)22-19-15-11-7-3-4-8-12-16-20-22/h1,5,21-22H,2-4,6-20H2. The summed E-state index contributed by atoms with van der Waals surface area (Å²) in [4.78, 5) is 0. The second-order valence-electron chi connectivity index (χ2n) is 7.97. The van der Waals surface area contributed by atoms with Crippen molar-refractivity contribution < 1.29 is 0 Å². The van der Waals surface area contributed by atoms with Gasteiger partial charge in [-0.25, -0.2) is 0 Å². The monoisotopic (exact) mass is 304 g/mol. The summed E-state index contributed by atoms with van der Waals surface area (Å²) in [6.45, 7) is 0. The molecular weight excluding hydrogens is 264 g/mol. The zero-order chi connectivity index (χ0) is 15.3. The van der Waals surface area contributed by atoms with Crippen LogP contribution >= 0.6 is 0 Å². The van der Waals surface area contributed by atoms with Crippen LogP contribution in [0.3, 0.4) is 0 Å². The highest BCUT2D eigenvalue weighted by Gasteiger charge is 2.20. The molecule has 1 saturated carbocycles. The second-order valence-corrected chi connectivity index (χ2v) is 7.97. The van der Waals surface area contributed by atoms with Crippen LogP contribution in [0.1, 0.15) is 116 Å². The maximum Gasteiger partial charge on any atom is -0.0351 e. The zero-order valence-corrected chi connectivity index (χ0v) is 15.0. The quantitative estimate of drug-likeness (QED) is 0.433. The topological polar surface area (TPSA) is 0 Å². The molecule has 1 atom stereocenters. The molecule has 0 aromatic heterocycles. The molecule has 0 heteroatoms. The Balaban J connectivity index is 1.85. The van der Waals surface area contributed by atoms with Crippen LogP contribution < -0.4 is 0 Å². The molecule has 22 heavy (non-hydrogen) atoms. The summed E-state index contributed by atoms with van der Waals surface area (Å²) in [5, 5.41) is 0. The van der Waals surface area contributed by atoms with Gasteiger partial charge in [-0.15, -0.1) is 0 Å². The van der Waals surface area contributed by atoms with Crippen molar-refractivity contribution in [2.24, 2.45) is 11.8 Å². The van der Waals surface area contributed by atoms with Gasteiger partial charge in [-0.1, -0.05) is 95.6 Å². The van der Waals surface area contributed by atoms with Crippen LogP contribution in [0.15, 0.2) is 12.2 Å². The SMILES string of the molecule is C1=CCCCC(C2CCCCCCCCCC2)CCCCC1. The minimum atomic E-state index is 1.05. The Morgan fingerprint density at radius 2 is 0.727 bits per heavy atom. The van der Waals surface area contributed by atoms with Gasteiger partial charge >= 0.3 is 0 Å². The molecule has 2 aliphatic carbocycles. The third kappa shape index (κ3) is 7.84. The molecule has 0 saturated heterocycles. The van der Waals surface area contributed by atoms with Gasteiger partial charge in [-0.3, -0.25) is 0 Å². The minimum absolute atomic E-state index is 1.05. The van der Waals surface area contributed by atoms with Crippen molar-refractivity contribution in [2.75, 3.05) is 0 Å². The molecule has 0 aromatic carbocycles. The van der Waals surface area contributed by atoms with Crippen molar-refractivity contribution in [1.82, 2.24) is 0 Å². The highest BCUT2D eigenvalue weighted by atomic mass is 14.3. The summed E-state index contributed by atoms with van der Waals surface area (Å²) in [5.74, 6) is 2.11. The van der Waals surface area contributed by atoms with E-state index in [0.717, 1.165) is 11.8 Å². The molecule has 0 amide bonds. The van der Waals surface area contributed by atoms with Crippen molar-refractivity contribution in [3.8, 4) is 0 Å². The first kappa shape index (κ1) is 18.1. The van der Waals surface area contributed by atoms with Gasteiger partial charge in [-0.05, 0) is 43.9 Å². The number of rotatable bonds is 1. The summed E-state index contributed by atoms with van der Waals surface area (Å²) in [7, 11) is 0. The van der Waals surface area contributed by atoms with Crippen molar-refractivity contribution in [3.63, 3.8) is 0 Å². The Hall–Kier alpha value is -0.260. The Morgan fingerprint density at radius 1 is 0.364 bits per heavy atom. The molecule has 0 bridgehead atoms. The first-order valence-electron chi connectivity index (χ1n) is 10.6. The molecule has 0 spiro atoms. The highest BCUT2D eigenvalue weighted by molar-refractivity contribution is 4.83. The van der Waals surface area contributed by atoms with Gasteiger partial charge in [0.1, 0.15) is 0 Å². The van der Waals surface area contributed by atoms with E-state index in [1.54, 1.807) is 12.8 Å². The largest absolute Gasteiger partial charge is 0.0885 e. The highest BCUT2D eigenvalue weighted by Crippen LogP contribution is 2.34. The van der Waals surface area contributed by atoms with Crippen molar-refractivity contribution in [1.29, 1.82) is 0 Å². The van der Waals surface area contributed by atoms with Crippen LogP contribution in [0, 0.1) is 11.8 Å². The zero-order valence-electron chi connectivity index (χ0n) is 15.0. The molecule has 0 aliphatic heterocycles. The molecule has 0 aromatic rings. The van der Waals surface area contributed by atoms with E-state index in [2.05, 4.69) is 12.2 Å². The van der Waals surface area contributed by atoms with E-state index in [-0.39, 0.29) is 0 Å². The van der Waals surface area contributed by atoms with Crippen LogP contribution in [0.5, 0.6) is 0 Å². The Bertz CT molecular complexity index is 266. The Labute approximate surface area is 140 Å². The van der Waals surface area contributed by atoms with E-state index >= 15 is 0 Å². The Kier molecular flexibility index (Phi) is 10.0. The molecule has 1 fully saturated rings. The first-order valence-corrected chi connectivity index (χ1v) is 10.6. The number of allylic oxidation sites excluding steroid dienone is 2. The van der Waals surface area contributed by atoms with Crippen molar-refractivity contribution in [2.45, 2.75) is 116 Å². The molecule has 2 aliphatic rings. The van der Waals surface area contributed by atoms with E-state index in [1.165, 1.54) is 103 Å². The molecular formula is C22H40. The lowest BCUT2D eigenvalue weighted by Crippen LogP contribution is -2.16. The first-order chi connectivity index (χ1) is 11.0. The average Bonchev–Trinajstić information content (AvgIpc) is 2.64. The number of hydrogen-bond donors (Lipinski definition) is 0. The molecule has 2 rings (SSSR count). The lowest BCUT2D eigenvalue weighted by Gasteiger charge is -2.27. The summed E-state index contributed by atoms with van der Waals surface area (Å²) >= 11 is 0. The van der Waals surface area contributed by atoms with Crippen LogP contribution in [-0.2, 0) is 0 Å². The molecule has 0 radical (unpaired) electrons.